The van der Waals surface area contributed by atoms with E-state index in [1.54, 1.807) is 25.3 Å². The van der Waals surface area contributed by atoms with Gasteiger partial charge in [-0.15, -0.1) is 0 Å². The lowest BCUT2D eigenvalue weighted by atomic mass is 10.0. The zero-order valence-electron chi connectivity index (χ0n) is 13.7. The topological polar surface area (TPSA) is 66.8 Å². The highest BCUT2D eigenvalue weighted by molar-refractivity contribution is 5.95. The highest BCUT2D eigenvalue weighted by Crippen LogP contribution is 2.26. The summed E-state index contributed by atoms with van der Waals surface area (Å²) in [7, 11) is 1.57. The summed E-state index contributed by atoms with van der Waals surface area (Å²) in [5.41, 5.74) is 1.43. The van der Waals surface area contributed by atoms with Crippen molar-refractivity contribution in [1.82, 2.24) is 4.90 Å². The monoisotopic (exact) mass is 343 g/mol. The molecule has 0 aliphatic carbocycles. The van der Waals surface area contributed by atoms with Gasteiger partial charge in [0.15, 0.2) is 0 Å². The first-order chi connectivity index (χ1) is 12.0. The van der Waals surface area contributed by atoms with Crippen molar-refractivity contribution >= 4 is 11.9 Å². The van der Waals surface area contributed by atoms with E-state index in [1.165, 1.54) is 17.0 Å². The van der Waals surface area contributed by atoms with Crippen molar-refractivity contribution in [3.63, 3.8) is 0 Å². The van der Waals surface area contributed by atoms with E-state index in [0.717, 1.165) is 5.56 Å². The van der Waals surface area contributed by atoms with Crippen molar-refractivity contribution in [2.24, 2.45) is 5.92 Å². The van der Waals surface area contributed by atoms with E-state index in [1.807, 2.05) is 12.1 Å². The van der Waals surface area contributed by atoms with Crippen molar-refractivity contribution < 1.29 is 23.8 Å². The van der Waals surface area contributed by atoms with Gasteiger partial charge in [-0.3, -0.25) is 9.59 Å². The molecule has 1 aliphatic rings. The first-order valence-corrected chi connectivity index (χ1v) is 7.95. The Morgan fingerprint density at radius 1 is 1.16 bits per heavy atom. The maximum atomic E-state index is 14.5. The molecule has 0 radical (unpaired) electrons. The fourth-order valence-electron chi connectivity index (χ4n) is 2.97. The number of ether oxygens (including phenoxy) is 1. The largest absolute Gasteiger partial charge is 0.497 e. The molecule has 1 N–H and O–H groups in total. The van der Waals surface area contributed by atoms with Crippen molar-refractivity contribution in [3.8, 4) is 16.9 Å². The van der Waals surface area contributed by atoms with E-state index in [0.29, 0.717) is 24.3 Å². The van der Waals surface area contributed by atoms with Gasteiger partial charge in [0.1, 0.15) is 11.6 Å². The van der Waals surface area contributed by atoms with Crippen LogP contribution in [0.25, 0.3) is 11.1 Å². The van der Waals surface area contributed by atoms with Crippen molar-refractivity contribution in [2.45, 2.75) is 6.42 Å². The summed E-state index contributed by atoms with van der Waals surface area (Å²) in [6, 6.07) is 11.6. The predicted molar refractivity (Wildman–Crippen MR) is 90.0 cm³/mol. The number of benzene rings is 2. The first-order valence-electron chi connectivity index (χ1n) is 7.95. The molecule has 1 atom stereocenters. The van der Waals surface area contributed by atoms with Gasteiger partial charge in [-0.1, -0.05) is 18.2 Å². The van der Waals surface area contributed by atoms with Crippen LogP contribution < -0.4 is 4.74 Å². The Kier molecular flexibility index (Phi) is 4.70. The van der Waals surface area contributed by atoms with Crippen LogP contribution in [0.3, 0.4) is 0 Å². The molecule has 1 aliphatic heterocycles. The van der Waals surface area contributed by atoms with Crippen molar-refractivity contribution in [3.05, 3.63) is 53.8 Å². The Hall–Kier alpha value is -2.89. The normalized spacial score (nSPS) is 16.7. The Morgan fingerprint density at radius 3 is 2.40 bits per heavy atom. The SMILES string of the molecule is COc1ccc(-c2ccc(C(=O)N3CC[C@@H](C(=O)O)C3)c(F)c2)cc1. The second-order valence-corrected chi connectivity index (χ2v) is 6.00. The number of hydrogen-bond acceptors (Lipinski definition) is 3. The third-order valence-corrected chi connectivity index (χ3v) is 4.45. The maximum absolute atomic E-state index is 14.5. The van der Waals surface area contributed by atoms with Crippen LogP contribution in [0.4, 0.5) is 4.39 Å². The minimum atomic E-state index is -0.925. The lowest BCUT2D eigenvalue weighted by Crippen LogP contribution is -2.30. The maximum Gasteiger partial charge on any atom is 0.308 e. The van der Waals surface area contributed by atoms with Gasteiger partial charge in [0.2, 0.25) is 0 Å². The number of carbonyl (C=O) groups excluding carboxylic acids is 1. The summed E-state index contributed by atoms with van der Waals surface area (Å²) in [6.45, 7) is 0.448. The fourth-order valence-corrected chi connectivity index (χ4v) is 2.97. The number of nitrogens with zero attached hydrogens (tertiary/aromatic N) is 1. The molecule has 0 saturated carbocycles. The average molecular weight is 343 g/mol. The minimum Gasteiger partial charge on any atom is -0.497 e. The molecule has 1 heterocycles. The highest BCUT2D eigenvalue weighted by Gasteiger charge is 2.32. The summed E-state index contributed by atoms with van der Waals surface area (Å²) in [5.74, 6) is -1.88. The molecule has 5 nitrogen and oxygen atoms in total. The van der Waals surface area contributed by atoms with E-state index in [9.17, 15) is 14.0 Å². The Bertz CT molecular complexity index is 804. The smallest absolute Gasteiger partial charge is 0.308 e. The Labute approximate surface area is 144 Å². The second-order valence-electron chi connectivity index (χ2n) is 6.00. The second kappa shape index (κ2) is 6.93. The number of hydrogen-bond donors (Lipinski definition) is 1. The van der Waals surface area contributed by atoms with E-state index in [2.05, 4.69) is 0 Å². The number of carbonyl (C=O) groups is 2. The van der Waals surface area contributed by atoms with Crippen LogP contribution in [-0.2, 0) is 4.79 Å². The predicted octanol–water partition coefficient (Wildman–Crippen LogP) is 3.05. The highest BCUT2D eigenvalue weighted by atomic mass is 19.1. The molecule has 0 aromatic heterocycles. The molecule has 0 spiro atoms. The van der Waals surface area contributed by atoms with Crippen LogP contribution in [-0.4, -0.2) is 42.1 Å². The number of rotatable bonds is 4. The third-order valence-electron chi connectivity index (χ3n) is 4.45. The summed E-state index contributed by atoms with van der Waals surface area (Å²) >= 11 is 0. The Balaban J connectivity index is 1.79. The van der Waals surface area contributed by atoms with Gasteiger partial charge in [-0.25, -0.2) is 4.39 Å². The van der Waals surface area contributed by atoms with Crippen LogP contribution in [0.2, 0.25) is 0 Å². The van der Waals surface area contributed by atoms with Gasteiger partial charge in [0.05, 0.1) is 18.6 Å². The van der Waals surface area contributed by atoms with Crippen LogP contribution in [0.5, 0.6) is 5.75 Å². The zero-order chi connectivity index (χ0) is 18.0. The molecular weight excluding hydrogens is 325 g/mol. The van der Waals surface area contributed by atoms with Crippen LogP contribution in [0, 0.1) is 11.7 Å². The summed E-state index contributed by atoms with van der Waals surface area (Å²) in [4.78, 5) is 24.8. The molecular formula is C19H18FNO4. The van der Waals surface area contributed by atoms with Crippen LogP contribution >= 0.6 is 0 Å². The van der Waals surface area contributed by atoms with E-state index < -0.39 is 23.6 Å². The zero-order valence-corrected chi connectivity index (χ0v) is 13.7. The lowest BCUT2D eigenvalue weighted by molar-refractivity contribution is -0.141. The molecule has 130 valence electrons. The molecule has 1 amide bonds. The quantitative estimate of drug-likeness (QED) is 0.927. The number of methoxy groups -OCH3 is 1. The van der Waals surface area contributed by atoms with Crippen LogP contribution in [0.15, 0.2) is 42.5 Å². The molecule has 2 aromatic rings. The molecule has 3 rings (SSSR count). The number of carboxylic acid groups (broad SMARTS) is 1. The van der Waals surface area contributed by atoms with E-state index >= 15 is 0 Å². The lowest BCUT2D eigenvalue weighted by Gasteiger charge is -2.16. The summed E-state index contributed by atoms with van der Waals surface area (Å²) in [6.07, 6.45) is 0.395. The standard InChI is InChI=1S/C19H18FNO4/c1-25-15-5-2-12(3-6-15)13-4-7-16(17(20)10-13)18(22)21-9-8-14(11-21)19(23)24/h2-7,10,14H,8-9,11H2,1H3,(H,23,24)/t14-/m1/s1. The van der Waals surface area contributed by atoms with Gasteiger partial charge in [0, 0.05) is 13.1 Å². The van der Waals surface area contributed by atoms with Gasteiger partial charge in [-0.2, -0.15) is 0 Å². The van der Waals surface area contributed by atoms with Gasteiger partial charge in [0.25, 0.3) is 5.91 Å². The molecule has 1 fully saturated rings. The van der Waals surface area contributed by atoms with Gasteiger partial charge >= 0.3 is 5.97 Å². The molecule has 0 unspecified atom stereocenters. The third kappa shape index (κ3) is 3.47. The van der Waals surface area contributed by atoms with E-state index in [-0.39, 0.29) is 12.1 Å². The number of aliphatic carboxylic acids is 1. The summed E-state index contributed by atoms with van der Waals surface area (Å²) < 4.78 is 19.5. The molecule has 25 heavy (non-hydrogen) atoms. The molecule has 1 saturated heterocycles. The van der Waals surface area contributed by atoms with E-state index in [4.69, 9.17) is 9.84 Å². The van der Waals surface area contributed by atoms with Crippen LogP contribution in [0.1, 0.15) is 16.8 Å². The van der Waals surface area contributed by atoms with Crippen molar-refractivity contribution in [1.29, 1.82) is 0 Å². The average Bonchev–Trinajstić information content (AvgIpc) is 3.11. The summed E-state index contributed by atoms with van der Waals surface area (Å²) in [5, 5.41) is 9.02. The van der Waals surface area contributed by atoms with Gasteiger partial charge in [-0.05, 0) is 41.8 Å². The van der Waals surface area contributed by atoms with Gasteiger partial charge < -0.3 is 14.7 Å². The fraction of sp³-hybridized carbons (Fsp3) is 0.263. The van der Waals surface area contributed by atoms with Crippen molar-refractivity contribution in [2.75, 3.05) is 20.2 Å². The number of amides is 1. The Morgan fingerprint density at radius 2 is 1.84 bits per heavy atom. The number of halogens is 1. The molecule has 6 heteroatoms. The molecule has 0 bridgehead atoms. The number of carboxylic acids is 1. The first kappa shape index (κ1) is 17.0. The minimum absolute atomic E-state index is 0.0386. The molecule has 2 aromatic carbocycles. The number of likely N-dealkylation sites (tertiary alicyclic amines) is 1.